The lowest BCUT2D eigenvalue weighted by Crippen LogP contribution is -2.55. The Bertz CT molecular complexity index is 263. The molecule has 1 aliphatic rings. The highest BCUT2D eigenvalue weighted by Crippen LogP contribution is 2.29. The average Bonchev–Trinajstić information content (AvgIpc) is 2.23. The summed E-state index contributed by atoms with van der Waals surface area (Å²) in [5.74, 6) is 1.50. The highest BCUT2D eigenvalue weighted by molar-refractivity contribution is 5.85. The molecule has 0 aromatic carbocycles. The minimum absolute atomic E-state index is 0.0195. The highest BCUT2D eigenvalue weighted by Gasteiger charge is 2.31. The predicted octanol–water partition coefficient (Wildman–Crippen LogP) is 2.44. The van der Waals surface area contributed by atoms with Gasteiger partial charge in [0.15, 0.2) is 0 Å². The molecule has 4 atom stereocenters. The quantitative estimate of drug-likeness (QED) is 0.793. The van der Waals surface area contributed by atoms with Crippen LogP contribution < -0.4 is 11.1 Å². The van der Waals surface area contributed by atoms with Crippen molar-refractivity contribution in [2.45, 2.75) is 71.4 Å². The molecule has 17 heavy (non-hydrogen) atoms. The Balaban J connectivity index is 2.46. The molecule has 0 radical (unpaired) electrons. The van der Waals surface area contributed by atoms with Gasteiger partial charge in [-0.2, -0.15) is 0 Å². The largest absolute Gasteiger partial charge is 0.352 e. The SMILES string of the molecule is CCCC(C)(N)C(=O)NC1CCC(C)C(C)C1. The molecule has 0 aromatic rings. The lowest BCUT2D eigenvalue weighted by molar-refractivity contribution is -0.127. The fraction of sp³-hybridized carbons (Fsp3) is 0.929. The van der Waals surface area contributed by atoms with Gasteiger partial charge in [0.25, 0.3) is 0 Å². The number of nitrogens with two attached hydrogens (primary N) is 1. The number of hydrogen-bond donors (Lipinski definition) is 2. The lowest BCUT2D eigenvalue weighted by atomic mass is 9.79. The van der Waals surface area contributed by atoms with Gasteiger partial charge in [-0.1, -0.05) is 27.2 Å². The number of hydrogen-bond acceptors (Lipinski definition) is 2. The zero-order valence-electron chi connectivity index (χ0n) is 11.8. The first-order valence-electron chi connectivity index (χ1n) is 6.96. The molecule has 100 valence electrons. The molecule has 0 bridgehead atoms. The van der Waals surface area contributed by atoms with E-state index in [2.05, 4.69) is 26.1 Å². The molecule has 0 aromatic heterocycles. The Labute approximate surface area is 106 Å². The third kappa shape index (κ3) is 3.98. The summed E-state index contributed by atoms with van der Waals surface area (Å²) < 4.78 is 0. The Morgan fingerprint density at radius 1 is 1.35 bits per heavy atom. The van der Waals surface area contributed by atoms with Crippen molar-refractivity contribution in [2.24, 2.45) is 17.6 Å². The first-order valence-corrected chi connectivity index (χ1v) is 6.96. The summed E-state index contributed by atoms with van der Waals surface area (Å²) in [4.78, 5) is 12.1. The van der Waals surface area contributed by atoms with Crippen molar-refractivity contribution in [1.82, 2.24) is 5.32 Å². The molecular weight excluding hydrogens is 212 g/mol. The Kier molecular flexibility index (Phi) is 4.99. The highest BCUT2D eigenvalue weighted by atomic mass is 16.2. The molecule has 1 saturated carbocycles. The summed E-state index contributed by atoms with van der Waals surface area (Å²) in [5, 5.41) is 3.13. The molecule has 0 aliphatic heterocycles. The van der Waals surface area contributed by atoms with E-state index in [1.807, 2.05) is 6.92 Å². The monoisotopic (exact) mass is 240 g/mol. The lowest BCUT2D eigenvalue weighted by Gasteiger charge is -2.34. The number of carbonyl (C=O) groups excluding carboxylic acids is 1. The molecule has 3 N–H and O–H groups in total. The third-order valence-corrected chi connectivity index (χ3v) is 4.22. The Hall–Kier alpha value is -0.570. The van der Waals surface area contributed by atoms with E-state index in [-0.39, 0.29) is 5.91 Å². The summed E-state index contributed by atoms with van der Waals surface area (Å²) >= 11 is 0. The van der Waals surface area contributed by atoms with Crippen molar-refractivity contribution in [3.63, 3.8) is 0 Å². The minimum Gasteiger partial charge on any atom is -0.352 e. The molecular formula is C14H28N2O. The van der Waals surface area contributed by atoms with E-state index in [1.165, 1.54) is 6.42 Å². The van der Waals surface area contributed by atoms with Gasteiger partial charge in [0.05, 0.1) is 5.54 Å². The summed E-state index contributed by atoms with van der Waals surface area (Å²) in [6, 6.07) is 0.327. The van der Waals surface area contributed by atoms with Crippen molar-refractivity contribution >= 4 is 5.91 Å². The summed E-state index contributed by atoms with van der Waals surface area (Å²) in [6.07, 6.45) is 5.09. The number of carbonyl (C=O) groups is 1. The van der Waals surface area contributed by atoms with Gasteiger partial charge in [0, 0.05) is 6.04 Å². The molecule has 3 nitrogen and oxygen atoms in total. The molecule has 3 heteroatoms. The van der Waals surface area contributed by atoms with Crippen molar-refractivity contribution < 1.29 is 4.79 Å². The summed E-state index contributed by atoms with van der Waals surface area (Å²) in [7, 11) is 0. The number of nitrogens with one attached hydrogen (secondary N) is 1. The maximum Gasteiger partial charge on any atom is 0.240 e. The second-order valence-corrected chi connectivity index (χ2v) is 6.11. The second kappa shape index (κ2) is 5.85. The Morgan fingerprint density at radius 2 is 2.00 bits per heavy atom. The normalized spacial score (nSPS) is 32.9. The van der Waals surface area contributed by atoms with E-state index in [0.29, 0.717) is 12.0 Å². The third-order valence-electron chi connectivity index (χ3n) is 4.22. The van der Waals surface area contributed by atoms with E-state index >= 15 is 0 Å². The van der Waals surface area contributed by atoms with Crippen LogP contribution >= 0.6 is 0 Å². The molecule has 1 rings (SSSR count). The van der Waals surface area contributed by atoms with E-state index in [9.17, 15) is 4.79 Å². The molecule has 1 amide bonds. The Morgan fingerprint density at radius 3 is 2.53 bits per heavy atom. The smallest absolute Gasteiger partial charge is 0.240 e. The van der Waals surface area contributed by atoms with Crippen LogP contribution in [0.25, 0.3) is 0 Å². The number of rotatable bonds is 4. The van der Waals surface area contributed by atoms with E-state index in [1.54, 1.807) is 0 Å². The number of amides is 1. The molecule has 0 heterocycles. The van der Waals surface area contributed by atoms with Gasteiger partial charge in [-0.3, -0.25) is 4.79 Å². The van der Waals surface area contributed by atoms with Crippen LogP contribution in [0.4, 0.5) is 0 Å². The van der Waals surface area contributed by atoms with Crippen molar-refractivity contribution in [3.8, 4) is 0 Å². The van der Waals surface area contributed by atoms with Crippen LogP contribution in [0.3, 0.4) is 0 Å². The summed E-state index contributed by atoms with van der Waals surface area (Å²) in [6.45, 7) is 8.47. The van der Waals surface area contributed by atoms with Crippen LogP contribution in [0.2, 0.25) is 0 Å². The van der Waals surface area contributed by atoms with Crippen LogP contribution in [0, 0.1) is 11.8 Å². The van der Waals surface area contributed by atoms with Gasteiger partial charge in [-0.05, 0) is 44.4 Å². The topological polar surface area (TPSA) is 55.1 Å². The van der Waals surface area contributed by atoms with Crippen LogP contribution in [0.15, 0.2) is 0 Å². The van der Waals surface area contributed by atoms with Crippen molar-refractivity contribution in [1.29, 1.82) is 0 Å². The van der Waals surface area contributed by atoms with E-state index < -0.39 is 5.54 Å². The van der Waals surface area contributed by atoms with Gasteiger partial charge >= 0.3 is 0 Å². The second-order valence-electron chi connectivity index (χ2n) is 6.11. The van der Waals surface area contributed by atoms with Crippen molar-refractivity contribution in [3.05, 3.63) is 0 Å². The van der Waals surface area contributed by atoms with Gasteiger partial charge in [-0.15, -0.1) is 0 Å². The standard InChI is InChI=1S/C14H28N2O/c1-5-8-14(4,15)13(17)16-12-7-6-10(2)11(3)9-12/h10-12H,5-9,15H2,1-4H3,(H,16,17). The molecule has 0 saturated heterocycles. The van der Waals surface area contributed by atoms with Crippen LogP contribution in [-0.4, -0.2) is 17.5 Å². The average molecular weight is 240 g/mol. The predicted molar refractivity (Wildman–Crippen MR) is 71.6 cm³/mol. The van der Waals surface area contributed by atoms with E-state index in [0.717, 1.165) is 31.6 Å². The molecule has 1 aliphatic carbocycles. The maximum atomic E-state index is 12.1. The first-order chi connectivity index (χ1) is 7.86. The fourth-order valence-electron chi connectivity index (χ4n) is 2.66. The van der Waals surface area contributed by atoms with Gasteiger partial charge in [0.2, 0.25) is 5.91 Å². The first kappa shape index (κ1) is 14.5. The summed E-state index contributed by atoms with van der Waals surface area (Å²) in [5.41, 5.74) is 5.33. The van der Waals surface area contributed by atoms with Crippen LogP contribution in [-0.2, 0) is 4.79 Å². The van der Waals surface area contributed by atoms with Gasteiger partial charge in [0.1, 0.15) is 0 Å². The fourth-order valence-corrected chi connectivity index (χ4v) is 2.66. The van der Waals surface area contributed by atoms with Crippen molar-refractivity contribution in [2.75, 3.05) is 0 Å². The maximum absolute atomic E-state index is 12.1. The van der Waals surface area contributed by atoms with Crippen LogP contribution in [0.5, 0.6) is 0 Å². The molecule has 4 unspecified atom stereocenters. The minimum atomic E-state index is -0.707. The molecule has 0 spiro atoms. The van der Waals surface area contributed by atoms with E-state index in [4.69, 9.17) is 5.73 Å². The zero-order chi connectivity index (χ0) is 13.1. The van der Waals surface area contributed by atoms with Gasteiger partial charge < -0.3 is 11.1 Å². The van der Waals surface area contributed by atoms with Gasteiger partial charge in [-0.25, -0.2) is 0 Å². The zero-order valence-corrected chi connectivity index (χ0v) is 11.8. The van der Waals surface area contributed by atoms with Crippen LogP contribution in [0.1, 0.15) is 59.8 Å². The molecule has 1 fully saturated rings.